The number of rotatable bonds is 6. The molecule has 28 heavy (non-hydrogen) atoms. The van der Waals surface area contributed by atoms with Gasteiger partial charge in [-0.25, -0.2) is 9.67 Å². The summed E-state index contributed by atoms with van der Waals surface area (Å²) in [4.78, 5) is 17.1. The van der Waals surface area contributed by atoms with Gasteiger partial charge in [-0.3, -0.25) is 4.79 Å². The number of carbonyl (C=O) groups excluding carboxylic acids is 1. The fraction of sp³-hybridized carbons (Fsp3) is 0.211. The van der Waals surface area contributed by atoms with Crippen molar-refractivity contribution in [2.45, 2.75) is 18.6 Å². The number of para-hydroxylation sites is 2. The van der Waals surface area contributed by atoms with Crippen LogP contribution in [0, 0.1) is 0 Å². The molecule has 0 saturated heterocycles. The van der Waals surface area contributed by atoms with Crippen LogP contribution in [0.4, 0.5) is 5.69 Å². The van der Waals surface area contributed by atoms with Gasteiger partial charge in [-0.2, -0.15) is 0 Å². The summed E-state index contributed by atoms with van der Waals surface area (Å²) in [7, 11) is 1.77. The smallest absolute Gasteiger partial charge is 0.234 e. The topological polar surface area (TPSA) is 90.5 Å². The van der Waals surface area contributed by atoms with E-state index in [1.54, 1.807) is 11.7 Å². The molecule has 0 bridgehead atoms. The molecule has 0 radical (unpaired) electrons. The Kier molecular flexibility index (Phi) is 5.07. The van der Waals surface area contributed by atoms with Crippen LogP contribution in [0.5, 0.6) is 0 Å². The second kappa shape index (κ2) is 7.81. The summed E-state index contributed by atoms with van der Waals surface area (Å²) in [5.74, 6) is 0.828. The Bertz CT molecular complexity index is 1130. The largest absolute Gasteiger partial charge is 0.325 e. The van der Waals surface area contributed by atoms with E-state index in [0.29, 0.717) is 11.5 Å². The second-order valence-corrected chi connectivity index (χ2v) is 7.11. The van der Waals surface area contributed by atoms with Gasteiger partial charge in [-0.1, -0.05) is 36.0 Å². The molecule has 142 valence electrons. The number of aromatic nitrogens is 6. The number of anilines is 1. The molecule has 4 rings (SSSR count). The molecule has 0 atom stereocenters. The molecule has 9 heteroatoms. The van der Waals surface area contributed by atoms with Crippen molar-refractivity contribution in [2.24, 2.45) is 7.05 Å². The average molecular weight is 393 g/mol. The van der Waals surface area contributed by atoms with Gasteiger partial charge in [0.05, 0.1) is 16.8 Å². The highest BCUT2D eigenvalue weighted by Crippen LogP contribution is 2.24. The predicted octanol–water partition coefficient (Wildman–Crippen LogP) is 2.98. The van der Waals surface area contributed by atoms with Gasteiger partial charge < -0.3 is 9.88 Å². The third-order valence-electron chi connectivity index (χ3n) is 4.29. The zero-order valence-electron chi connectivity index (χ0n) is 15.5. The number of fused-ring (bicyclic) bond motifs is 1. The summed E-state index contributed by atoms with van der Waals surface area (Å²) < 4.78 is 3.71. The highest BCUT2D eigenvalue weighted by molar-refractivity contribution is 7.99. The van der Waals surface area contributed by atoms with Gasteiger partial charge in [0.15, 0.2) is 11.0 Å². The van der Waals surface area contributed by atoms with Crippen molar-refractivity contribution < 1.29 is 4.79 Å². The van der Waals surface area contributed by atoms with E-state index in [1.165, 1.54) is 11.8 Å². The lowest BCUT2D eigenvalue weighted by Crippen LogP contribution is -2.14. The Balaban J connectivity index is 1.45. The van der Waals surface area contributed by atoms with E-state index in [0.717, 1.165) is 28.3 Å². The molecule has 0 unspecified atom stereocenters. The number of hydrogen-bond acceptors (Lipinski definition) is 6. The van der Waals surface area contributed by atoms with E-state index >= 15 is 0 Å². The van der Waals surface area contributed by atoms with Crippen molar-refractivity contribution in [3.63, 3.8) is 0 Å². The van der Waals surface area contributed by atoms with Crippen LogP contribution in [0.25, 0.3) is 22.4 Å². The number of hydrogen-bond donors (Lipinski definition) is 1. The van der Waals surface area contributed by atoms with Crippen molar-refractivity contribution in [3.05, 3.63) is 48.5 Å². The van der Waals surface area contributed by atoms with Crippen LogP contribution in [0.3, 0.4) is 0 Å². The number of benzene rings is 2. The molecule has 0 aliphatic carbocycles. The van der Waals surface area contributed by atoms with Gasteiger partial charge in [0, 0.05) is 24.8 Å². The first-order chi connectivity index (χ1) is 13.7. The van der Waals surface area contributed by atoms with Crippen LogP contribution in [0.15, 0.2) is 53.7 Å². The minimum Gasteiger partial charge on any atom is -0.325 e. The first-order valence-electron chi connectivity index (χ1n) is 8.86. The molecule has 0 aliphatic rings. The van der Waals surface area contributed by atoms with Gasteiger partial charge in [-0.05, 0) is 41.6 Å². The first kappa shape index (κ1) is 18.2. The monoisotopic (exact) mass is 393 g/mol. The Morgan fingerprint density at radius 1 is 1.18 bits per heavy atom. The molecule has 0 aliphatic heterocycles. The number of nitrogens with one attached hydrogen (secondary N) is 1. The number of carbonyl (C=O) groups is 1. The highest BCUT2D eigenvalue weighted by atomic mass is 32.2. The van der Waals surface area contributed by atoms with Crippen LogP contribution in [-0.2, 0) is 18.4 Å². The molecule has 1 N–H and O–H groups in total. The fourth-order valence-corrected chi connectivity index (χ4v) is 3.88. The maximum Gasteiger partial charge on any atom is 0.234 e. The summed E-state index contributed by atoms with van der Waals surface area (Å²) in [5.41, 5.74) is 3.57. The van der Waals surface area contributed by atoms with Gasteiger partial charge in [0.2, 0.25) is 5.91 Å². The maximum atomic E-state index is 12.5. The lowest BCUT2D eigenvalue weighted by Gasteiger charge is -2.08. The minimum atomic E-state index is -0.0899. The lowest BCUT2D eigenvalue weighted by molar-refractivity contribution is -0.113. The van der Waals surface area contributed by atoms with Gasteiger partial charge in [0.1, 0.15) is 0 Å². The number of amides is 1. The summed E-state index contributed by atoms with van der Waals surface area (Å²) >= 11 is 1.43. The van der Waals surface area contributed by atoms with Gasteiger partial charge >= 0.3 is 0 Å². The van der Waals surface area contributed by atoms with E-state index in [4.69, 9.17) is 0 Å². The zero-order valence-corrected chi connectivity index (χ0v) is 16.3. The quantitative estimate of drug-likeness (QED) is 0.507. The summed E-state index contributed by atoms with van der Waals surface area (Å²) in [5, 5.41) is 15.3. The molecule has 0 fully saturated rings. The normalized spacial score (nSPS) is 11.1. The Morgan fingerprint density at radius 3 is 2.82 bits per heavy atom. The van der Waals surface area contributed by atoms with E-state index in [1.807, 2.05) is 48.5 Å². The van der Waals surface area contributed by atoms with Crippen LogP contribution >= 0.6 is 11.8 Å². The Morgan fingerprint density at radius 2 is 2.04 bits per heavy atom. The number of imidazole rings is 1. The first-order valence-corrected chi connectivity index (χ1v) is 9.85. The second-order valence-electron chi connectivity index (χ2n) is 6.17. The van der Waals surface area contributed by atoms with E-state index in [2.05, 4.69) is 37.3 Å². The Hall–Kier alpha value is -3.20. The third kappa shape index (κ3) is 3.61. The molecule has 0 spiro atoms. The Labute approximate surface area is 166 Å². The lowest BCUT2D eigenvalue weighted by atomic mass is 10.2. The minimum absolute atomic E-state index is 0.0899. The van der Waals surface area contributed by atoms with Crippen molar-refractivity contribution in [1.29, 1.82) is 0 Å². The van der Waals surface area contributed by atoms with Crippen molar-refractivity contribution in [1.82, 2.24) is 29.8 Å². The van der Waals surface area contributed by atoms with Crippen LogP contribution in [0.2, 0.25) is 0 Å². The summed E-state index contributed by atoms with van der Waals surface area (Å²) in [6.45, 7) is 2.88. The van der Waals surface area contributed by atoms with Crippen molar-refractivity contribution >= 4 is 34.4 Å². The van der Waals surface area contributed by atoms with Crippen LogP contribution in [-0.4, -0.2) is 41.4 Å². The van der Waals surface area contributed by atoms with Crippen molar-refractivity contribution in [3.8, 4) is 11.4 Å². The molecule has 4 aromatic rings. The molecule has 2 aromatic heterocycles. The number of tetrazole rings is 1. The molecule has 2 aromatic carbocycles. The highest BCUT2D eigenvalue weighted by Gasteiger charge is 2.12. The zero-order chi connectivity index (χ0) is 19.5. The van der Waals surface area contributed by atoms with Crippen LogP contribution in [0.1, 0.15) is 6.92 Å². The standard InChI is InChI=1S/C19H19N7OS/c1-3-26-16-10-5-4-9-15(16)21-19(26)28-12-17(27)20-14-8-6-7-13(11-14)18-22-23-24-25(18)2/h4-11H,3,12H2,1-2H3,(H,20,27). The molecule has 0 saturated carbocycles. The van der Waals surface area contributed by atoms with Crippen molar-refractivity contribution in [2.75, 3.05) is 11.1 Å². The molecule has 2 heterocycles. The molecule has 8 nitrogen and oxygen atoms in total. The van der Waals surface area contributed by atoms with E-state index in [-0.39, 0.29) is 11.7 Å². The van der Waals surface area contributed by atoms with E-state index in [9.17, 15) is 4.79 Å². The number of aryl methyl sites for hydroxylation is 2. The predicted molar refractivity (Wildman–Crippen MR) is 109 cm³/mol. The average Bonchev–Trinajstić information content (AvgIpc) is 3.29. The summed E-state index contributed by atoms with van der Waals surface area (Å²) in [6, 6.07) is 15.5. The maximum absolute atomic E-state index is 12.5. The third-order valence-corrected chi connectivity index (χ3v) is 5.27. The van der Waals surface area contributed by atoms with Crippen LogP contribution < -0.4 is 5.32 Å². The van der Waals surface area contributed by atoms with Gasteiger partial charge in [-0.15, -0.1) is 5.10 Å². The fourth-order valence-electron chi connectivity index (χ4n) is 3.01. The number of thioether (sulfide) groups is 1. The van der Waals surface area contributed by atoms with E-state index < -0.39 is 0 Å². The molecular formula is C19H19N7OS. The SMILES string of the molecule is CCn1c(SCC(=O)Nc2cccc(-c3nnnn3C)c2)nc2ccccc21. The molecule has 1 amide bonds. The number of nitrogens with zero attached hydrogens (tertiary/aromatic N) is 6. The molecular weight excluding hydrogens is 374 g/mol. The summed E-state index contributed by atoms with van der Waals surface area (Å²) in [6.07, 6.45) is 0. The van der Waals surface area contributed by atoms with Gasteiger partial charge in [0.25, 0.3) is 0 Å².